The lowest BCUT2D eigenvalue weighted by Gasteiger charge is -2.10. The van der Waals surface area contributed by atoms with E-state index in [4.69, 9.17) is 5.11 Å². The predicted molar refractivity (Wildman–Crippen MR) is 122 cm³/mol. The summed E-state index contributed by atoms with van der Waals surface area (Å²) in [7, 11) is -3.86. The Morgan fingerprint density at radius 1 is 0.812 bits per heavy atom. The number of para-hydroxylation sites is 1. The molecule has 4 rings (SSSR count). The number of anilines is 1. The van der Waals surface area contributed by atoms with Gasteiger partial charge in [0.1, 0.15) is 11.3 Å². The molecule has 0 atom stereocenters. The molecule has 0 heterocycles. The first-order valence-electron chi connectivity index (χ1n) is 9.52. The van der Waals surface area contributed by atoms with Gasteiger partial charge in [-0.3, -0.25) is 4.72 Å². The molecule has 0 unspecified atom stereocenters. The van der Waals surface area contributed by atoms with Crippen molar-refractivity contribution in [1.82, 2.24) is 0 Å². The van der Waals surface area contributed by atoms with Crippen molar-refractivity contribution in [2.24, 2.45) is 0 Å². The Hall–Kier alpha value is -4.28. The third-order valence-corrected chi connectivity index (χ3v) is 6.14. The molecular formula is C25H17NO5S. The molecule has 32 heavy (non-hydrogen) atoms. The molecule has 0 saturated heterocycles. The molecule has 0 bridgehead atoms. The monoisotopic (exact) mass is 443 g/mol. The van der Waals surface area contributed by atoms with E-state index in [0.29, 0.717) is 16.8 Å². The van der Waals surface area contributed by atoms with Gasteiger partial charge in [-0.25, -0.2) is 13.2 Å². The van der Waals surface area contributed by atoms with Crippen molar-refractivity contribution in [1.29, 1.82) is 0 Å². The molecule has 0 aliphatic carbocycles. The fourth-order valence-corrected chi connectivity index (χ4v) is 4.26. The summed E-state index contributed by atoms with van der Waals surface area (Å²) in [6.45, 7) is 0. The molecule has 4 aromatic rings. The molecule has 4 aromatic carbocycles. The SMILES string of the molecule is O=C(O)c1ccc(C#Cc2ccccc2NS(=O)(=O)c2ccc3ccccc3c2)cc1O. The second-order valence-corrected chi connectivity index (χ2v) is 8.63. The van der Waals surface area contributed by atoms with Crippen LogP contribution in [0, 0.1) is 11.8 Å². The van der Waals surface area contributed by atoms with Gasteiger partial charge in [-0.15, -0.1) is 0 Å². The van der Waals surface area contributed by atoms with Gasteiger partial charge < -0.3 is 10.2 Å². The van der Waals surface area contributed by atoms with Crippen molar-refractivity contribution >= 4 is 32.5 Å². The van der Waals surface area contributed by atoms with Crippen LogP contribution >= 0.6 is 0 Å². The van der Waals surface area contributed by atoms with Gasteiger partial charge in [0.05, 0.1) is 10.6 Å². The van der Waals surface area contributed by atoms with Crippen molar-refractivity contribution < 1.29 is 23.4 Å². The van der Waals surface area contributed by atoms with E-state index in [1.165, 1.54) is 18.2 Å². The molecule has 3 N–H and O–H groups in total. The number of carboxylic acid groups (broad SMARTS) is 1. The molecule has 0 amide bonds. The highest BCUT2D eigenvalue weighted by atomic mass is 32.2. The molecule has 7 heteroatoms. The van der Waals surface area contributed by atoms with Crippen molar-refractivity contribution in [3.8, 4) is 17.6 Å². The van der Waals surface area contributed by atoms with Crippen LogP contribution in [0.4, 0.5) is 5.69 Å². The average molecular weight is 443 g/mol. The summed E-state index contributed by atoms with van der Waals surface area (Å²) in [5, 5.41) is 20.6. The number of aromatic hydroxyl groups is 1. The van der Waals surface area contributed by atoms with Gasteiger partial charge in [-0.1, -0.05) is 54.3 Å². The highest BCUT2D eigenvalue weighted by Gasteiger charge is 2.16. The highest BCUT2D eigenvalue weighted by molar-refractivity contribution is 7.92. The van der Waals surface area contributed by atoms with Crippen LogP contribution in [0.2, 0.25) is 0 Å². The third-order valence-electron chi connectivity index (χ3n) is 4.77. The molecular weight excluding hydrogens is 426 g/mol. The Kier molecular flexibility index (Phi) is 5.54. The maximum Gasteiger partial charge on any atom is 0.339 e. The molecule has 0 aliphatic heterocycles. The quantitative estimate of drug-likeness (QED) is 0.405. The summed E-state index contributed by atoms with van der Waals surface area (Å²) < 4.78 is 28.5. The zero-order valence-corrected chi connectivity index (χ0v) is 17.4. The summed E-state index contributed by atoms with van der Waals surface area (Å²) in [4.78, 5) is 11.2. The van der Waals surface area contributed by atoms with E-state index < -0.39 is 21.7 Å². The second kappa shape index (κ2) is 8.46. The van der Waals surface area contributed by atoms with E-state index in [1.807, 2.05) is 24.3 Å². The zero-order valence-electron chi connectivity index (χ0n) is 16.6. The number of hydrogen-bond donors (Lipinski definition) is 3. The average Bonchev–Trinajstić information content (AvgIpc) is 2.77. The van der Waals surface area contributed by atoms with Crippen molar-refractivity contribution in [3.63, 3.8) is 0 Å². The van der Waals surface area contributed by atoms with Gasteiger partial charge in [-0.05, 0) is 53.2 Å². The molecule has 0 saturated carbocycles. The number of sulfonamides is 1. The van der Waals surface area contributed by atoms with Crippen LogP contribution in [0.1, 0.15) is 21.5 Å². The first-order valence-corrected chi connectivity index (χ1v) is 11.0. The maximum atomic E-state index is 13.0. The lowest BCUT2D eigenvalue weighted by Crippen LogP contribution is -2.13. The number of rotatable bonds is 4. The summed E-state index contributed by atoms with van der Waals surface area (Å²) in [6.07, 6.45) is 0. The number of phenols is 1. The van der Waals surface area contributed by atoms with Gasteiger partial charge in [-0.2, -0.15) is 0 Å². The summed E-state index contributed by atoms with van der Waals surface area (Å²) >= 11 is 0. The summed E-state index contributed by atoms with van der Waals surface area (Å²) in [5.41, 5.74) is 0.900. The number of aromatic carboxylic acids is 1. The van der Waals surface area contributed by atoms with Crippen LogP contribution in [0.5, 0.6) is 5.75 Å². The van der Waals surface area contributed by atoms with Crippen LogP contribution in [-0.2, 0) is 10.0 Å². The lowest BCUT2D eigenvalue weighted by atomic mass is 10.1. The minimum atomic E-state index is -3.86. The normalized spacial score (nSPS) is 10.9. The fraction of sp³-hybridized carbons (Fsp3) is 0. The second-order valence-electron chi connectivity index (χ2n) is 6.95. The van der Waals surface area contributed by atoms with Crippen LogP contribution in [0.3, 0.4) is 0 Å². The first kappa shape index (κ1) is 21.0. The van der Waals surface area contributed by atoms with E-state index in [0.717, 1.165) is 10.8 Å². The first-order chi connectivity index (χ1) is 15.3. The molecule has 0 aliphatic rings. The van der Waals surface area contributed by atoms with Gasteiger partial charge in [0.15, 0.2) is 0 Å². The van der Waals surface area contributed by atoms with Crippen LogP contribution in [-0.4, -0.2) is 24.6 Å². The molecule has 6 nitrogen and oxygen atoms in total. The number of carbonyl (C=O) groups is 1. The van der Waals surface area contributed by atoms with Crippen molar-refractivity contribution in [2.45, 2.75) is 4.90 Å². The van der Waals surface area contributed by atoms with Crippen LogP contribution in [0.15, 0.2) is 89.8 Å². The van der Waals surface area contributed by atoms with E-state index in [2.05, 4.69) is 16.6 Å². The number of hydrogen-bond acceptors (Lipinski definition) is 4. The number of carboxylic acids is 1. The smallest absolute Gasteiger partial charge is 0.339 e. The van der Waals surface area contributed by atoms with E-state index in [-0.39, 0.29) is 10.5 Å². The summed E-state index contributed by atoms with van der Waals surface area (Å²) in [5.74, 6) is 4.06. The Morgan fingerprint density at radius 2 is 1.53 bits per heavy atom. The third kappa shape index (κ3) is 4.41. The van der Waals surface area contributed by atoms with E-state index in [9.17, 15) is 18.3 Å². The van der Waals surface area contributed by atoms with Crippen molar-refractivity contribution in [3.05, 3.63) is 102 Å². The predicted octanol–water partition coefficient (Wildman–Crippen LogP) is 4.44. The van der Waals surface area contributed by atoms with E-state index >= 15 is 0 Å². The van der Waals surface area contributed by atoms with Gasteiger partial charge in [0.25, 0.3) is 10.0 Å². The van der Waals surface area contributed by atoms with E-state index in [1.54, 1.807) is 42.5 Å². The van der Waals surface area contributed by atoms with Crippen molar-refractivity contribution in [2.75, 3.05) is 4.72 Å². The van der Waals surface area contributed by atoms with Crippen LogP contribution < -0.4 is 4.72 Å². The number of nitrogens with one attached hydrogen (secondary N) is 1. The van der Waals surface area contributed by atoms with Gasteiger partial charge >= 0.3 is 5.97 Å². The van der Waals surface area contributed by atoms with Gasteiger partial charge in [0, 0.05) is 11.1 Å². The highest BCUT2D eigenvalue weighted by Crippen LogP contribution is 2.23. The Morgan fingerprint density at radius 3 is 2.28 bits per heavy atom. The topological polar surface area (TPSA) is 104 Å². The minimum absolute atomic E-state index is 0.133. The van der Waals surface area contributed by atoms with Gasteiger partial charge in [0.2, 0.25) is 0 Å². The van der Waals surface area contributed by atoms with Crippen LogP contribution in [0.25, 0.3) is 10.8 Å². The summed E-state index contributed by atoms with van der Waals surface area (Å²) in [6, 6.07) is 23.1. The molecule has 158 valence electrons. The molecule has 0 spiro atoms. The fourth-order valence-electron chi connectivity index (χ4n) is 3.15. The lowest BCUT2D eigenvalue weighted by molar-refractivity contribution is 0.0693. The molecule has 0 radical (unpaired) electrons. The Bertz CT molecular complexity index is 1510. The number of fused-ring (bicyclic) bond motifs is 1. The maximum absolute atomic E-state index is 13.0. The Balaban J connectivity index is 1.65. The largest absolute Gasteiger partial charge is 0.507 e. The molecule has 0 aromatic heterocycles. The Labute approximate surface area is 184 Å². The zero-order chi connectivity index (χ0) is 22.7. The number of benzene rings is 4. The minimum Gasteiger partial charge on any atom is -0.507 e. The molecule has 0 fully saturated rings. The standard InChI is InChI=1S/C25H17NO5S/c27-24-15-17(10-14-22(24)25(28)29)9-11-19-6-3-4-8-23(19)26-32(30,31)21-13-12-18-5-1-2-7-20(18)16-21/h1-8,10,12-16,26-27H,(H,28,29).